The number of hydrogen-bond acceptors (Lipinski definition) is 4. The van der Waals surface area contributed by atoms with Gasteiger partial charge in [-0.25, -0.2) is 8.42 Å². The minimum atomic E-state index is -3.28. The van der Waals surface area contributed by atoms with E-state index in [2.05, 4.69) is 4.72 Å². The van der Waals surface area contributed by atoms with Crippen molar-refractivity contribution in [3.8, 4) is 5.75 Å². The molecule has 2 rings (SSSR count). The normalized spacial score (nSPS) is 19.2. The molecular weight excluding hydrogens is 230 g/mol. The van der Waals surface area contributed by atoms with Crippen LogP contribution in [0.4, 0.5) is 5.69 Å². The van der Waals surface area contributed by atoms with Crippen LogP contribution in [0.15, 0.2) is 24.3 Å². The van der Waals surface area contributed by atoms with Gasteiger partial charge in [0.1, 0.15) is 18.5 Å². The second kappa shape index (κ2) is 4.31. The van der Waals surface area contributed by atoms with E-state index in [1.807, 2.05) is 0 Å². The zero-order valence-electron chi connectivity index (χ0n) is 8.84. The number of rotatable bonds is 5. The summed E-state index contributed by atoms with van der Waals surface area (Å²) in [5.74, 6) is 0.517. The fraction of sp³-hybridized carbons (Fsp3) is 0.400. The van der Waals surface area contributed by atoms with E-state index in [0.717, 1.165) is 6.26 Å². The molecule has 1 heterocycles. The van der Waals surface area contributed by atoms with Crippen molar-refractivity contribution in [2.45, 2.75) is 6.10 Å². The number of benzene rings is 1. The molecule has 1 aliphatic heterocycles. The van der Waals surface area contributed by atoms with E-state index in [1.54, 1.807) is 24.3 Å². The van der Waals surface area contributed by atoms with Crippen molar-refractivity contribution in [2.24, 2.45) is 0 Å². The van der Waals surface area contributed by atoms with Gasteiger partial charge in [0.05, 0.1) is 18.6 Å². The van der Waals surface area contributed by atoms with Gasteiger partial charge in [0.15, 0.2) is 0 Å². The molecule has 1 aromatic carbocycles. The van der Waals surface area contributed by atoms with Gasteiger partial charge >= 0.3 is 0 Å². The van der Waals surface area contributed by atoms with Crippen LogP contribution in [0.3, 0.4) is 0 Å². The second-order valence-corrected chi connectivity index (χ2v) is 5.39. The van der Waals surface area contributed by atoms with Crippen LogP contribution >= 0.6 is 0 Å². The smallest absolute Gasteiger partial charge is 0.229 e. The van der Waals surface area contributed by atoms with E-state index in [-0.39, 0.29) is 6.10 Å². The summed E-state index contributed by atoms with van der Waals surface area (Å²) in [4.78, 5) is 0. The maximum atomic E-state index is 11.1. The van der Waals surface area contributed by atoms with Crippen LogP contribution in [-0.4, -0.2) is 34.0 Å². The molecule has 5 nitrogen and oxygen atoms in total. The molecule has 1 saturated heterocycles. The number of sulfonamides is 1. The Kier molecular flexibility index (Phi) is 3.02. The molecule has 16 heavy (non-hydrogen) atoms. The third kappa shape index (κ3) is 3.39. The van der Waals surface area contributed by atoms with Crippen LogP contribution < -0.4 is 9.46 Å². The lowest BCUT2D eigenvalue weighted by molar-refractivity contribution is 0.264. The lowest BCUT2D eigenvalue weighted by Gasteiger charge is -2.10. The summed E-state index contributed by atoms with van der Waals surface area (Å²) < 4.78 is 35.1. The standard InChI is InChI=1S/C10H13NO4S/c1-16(12,13)11-9-4-2-3-5-10(9)15-7-8-6-14-8/h2-5,8,11H,6-7H2,1H3/t8-/m1/s1. The van der Waals surface area contributed by atoms with Gasteiger partial charge in [0.2, 0.25) is 10.0 Å². The summed E-state index contributed by atoms with van der Waals surface area (Å²) in [6.45, 7) is 1.16. The molecule has 1 atom stereocenters. The summed E-state index contributed by atoms with van der Waals surface area (Å²) >= 11 is 0. The minimum absolute atomic E-state index is 0.145. The number of nitrogens with one attached hydrogen (secondary N) is 1. The highest BCUT2D eigenvalue weighted by Gasteiger charge is 2.23. The maximum Gasteiger partial charge on any atom is 0.229 e. The monoisotopic (exact) mass is 243 g/mol. The Morgan fingerprint density at radius 2 is 2.19 bits per heavy atom. The van der Waals surface area contributed by atoms with Gasteiger partial charge in [0.25, 0.3) is 0 Å². The molecule has 0 aliphatic carbocycles. The highest BCUT2D eigenvalue weighted by Crippen LogP contribution is 2.25. The molecule has 0 amide bonds. The Morgan fingerprint density at radius 3 is 2.81 bits per heavy atom. The average molecular weight is 243 g/mol. The van der Waals surface area contributed by atoms with Crippen molar-refractivity contribution in [1.82, 2.24) is 0 Å². The second-order valence-electron chi connectivity index (χ2n) is 3.64. The summed E-state index contributed by atoms with van der Waals surface area (Å²) in [7, 11) is -3.28. The largest absolute Gasteiger partial charge is 0.489 e. The van der Waals surface area contributed by atoms with Crippen LogP contribution in [0, 0.1) is 0 Å². The van der Waals surface area contributed by atoms with Gasteiger partial charge in [-0.2, -0.15) is 0 Å². The predicted molar refractivity (Wildman–Crippen MR) is 60.1 cm³/mol. The summed E-state index contributed by atoms with van der Waals surface area (Å²) in [5.41, 5.74) is 0.450. The Hall–Kier alpha value is -1.27. The Balaban J connectivity index is 2.09. The van der Waals surface area contributed by atoms with Crippen molar-refractivity contribution in [3.05, 3.63) is 24.3 Å². The molecule has 1 aliphatic rings. The van der Waals surface area contributed by atoms with Crippen LogP contribution in [0.1, 0.15) is 0 Å². The summed E-state index contributed by atoms with van der Waals surface area (Å²) in [6.07, 6.45) is 1.25. The number of ether oxygens (including phenoxy) is 2. The van der Waals surface area contributed by atoms with Crippen molar-refractivity contribution >= 4 is 15.7 Å². The first-order valence-electron chi connectivity index (χ1n) is 4.86. The van der Waals surface area contributed by atoms with E-state index in [9.17, 15) is 8.42 Å². The molecule has 88 valence electrons. The third-order valence-electron chi connectivity index (χ3n) is 2.01. The number of para-hydroxylation sites is 2. The number of anilines is 1. The SMILES string of the molecule is CS(=O)(=O)Nc1ccccc1OC[C@H]1CO1. The fourth-order valence-electron chi connectivity index (χ4n) is 1.22. The molecule has 1 N–H and O–H groups in total. The van der Waals surface area contributed by atoms with Crippen molar-refractivity contribution in [3.63, 3.8) is 0 Å². The van der Waals surface area contributed by atoms with E-state index in [0.29, 0.717) is 24.7 Å². The van der Waals surface area contributed by atoms with Crippen LogP contribution in [0.2, 0.25) is 0 Å². The van der Waals surface area contributed by atoms with Crippen LogP contribution in [-0.2, 0) is 14.8 Å². The summed E-state index contributed by atoms with van der Waals surface area (Å²) in [5, 5.41) is 0. The fourth-order valence-corrected chi connectivity index (χ4v) is 1.79. The first-order valence-corrected chi connectivity index (χ1v) is 6.75. The topological polar surface area (TPSA) is 67.9 Å². The minimum Gasteiger partial charge on any atom is -0.489 e. The average Bonchev–Trinajstić information content (AvgIpc) is 2.98. The van der Waals surface area contributed by atoms with Crippen molar-refractivity contribution in [2.75, 3.05) is 24.2 Å². The zero-order valence-corrected chi connectivity index (χ0v) is 9.66. The van der Waals surface area contributed by atoms with Gasteiger partial charge in [0, 0.05) is 0 Å². The molecule has 0 unspecified atom stereocenters. The van der Waals surface area contributed by atoms with Gasteiger partial charge in [-0.05, 0) is 12.1 Å². The first kappa shape index (κ1) is 11.2. The Morgan fingerprint density at radius 1 is 1.50 bits per heavy atom. The van der Waals surface area contributed by atoms with Gasteiger partial charge in [-0.1, -0.05) is 12.1 Å². The molecular formula is C10H13NO4S. The third-order valence-corrected chi connectivity index (χ3v) is 2.60. The molecule has 0 radical (unpaired) electrons. The highest BCUT2D eigenvalue weighted by atomic mass is 32.2. The molecule has 0 spiro atoms. The quantitative estimate of drug-likeness (QED) is 0.778. The molecule has 1 aromatic rings. The van der Waals surface area contributed by atoms with E-state index < -0.39 is 10.0 Å². The van der Waals surface area contributed by atoms with E-state index >= 15 is 0 Å². The summed E-state index contributed by atoms with van der Waals surface area (Å²) in [6, 6.07) is 6.91. The molecule has 1 fully saturated rings. The van der Waals surface area contributed by atoms with Crippen molar-refractivity contribution < 1.29 is 17.9 Å². The predicted octanol–water partition coefficient (Wildman–Crippen LogP) is 0.836. The van der Waals surface area contributed by atoms with E-state index in [1.165, 1.54) is 0 Å². The number of hydrogen-bond donors (Lipinski definition) is 1. The van der Waals surface area contributed by atoms with Gasteiger partial charge < -0.3 is 9.47 Å². The number of epoxide rings is 1. The molecule has 0 aromatic heterocycles. The maximum absolute atomic E-state index is 11.1. The molecule has 0 saturated carbocycles. The lowest BCUT2D eigenvalue weighted by atomic mass is 10.3. The zero-order chi connectivity index (χ0) is 11.6. The molecule has 6 heteroatoms. The van der Waals surface area contributed by atoms with Crippen molar-refractivity contribution in [1.29, 1.82) is 0 Å². The van der Waals surface area contributed by atoms with E-state index in [4.69, 9.17) is 9.47 Å². The highest BCUT2D eigenvalue weighted by molar-refractivity contribution is 7.92. The Labute approximate surface area is 94.4 Å². The molecule has 0 bridgehead atoms. The lowest BCUT2D eigenvalue weighted by Crippen LogP contribution is -2.12. The van der Waals surface area contributed by atoms with Gasteiger partial charge in [-0.15, -0.1) is 0 Å². The van der Waals surface area contributed by atoms with Crippen LogP contribution in [0.25, 0.3) is 0 Å². The van der Waals surface area contributed by atoms with Crippen LogP contribution in [0.5, 0.6) is 5.75 Å². The Bertz CT molecular complexity index is 467. The first-order chi connectivity index (χ1) is 7.54. The van der Waals surface area contributed by atoms with Gasteiger partial charge in [-0.3, -0.25) is 4.72 Å².